The summed E-state index contributed by atoms with van der Waals surface area (Å²) in [7, 11) is -0.438. The van der Waals surface area contributed by atoms with Crippen LogP contribution in [0.25, 0.3) is 0 Å². The predicted octanol–water partition coefficient (Wildman–Crippen LogP) is 1.61. The molecule has 1 aromatic rings. The maximum atomic E-state index is 11.6. The van der Waals surface area contributed by atoms with E-state index in [1.807, 2.05) is 45.0 Å². The van der Waals surface area contributed by atoms with Gasteiger partial charge < -0.3 is 19.1 Å². The Bertz CT molecular complexity index is 719. The van der Waals surface area contributed by atoms with E-state index in [0.29, 0.717) is 12.0 Å². The van der Waals surface area contributed by atoms with Gasteiger partial charge in [-0.1, -0.05) is 0 Å². The topological polar surface area (TPSA) is 67.8 Å². The van der Waals surface area contributed by atoms with Gasteiger partial charge in [0.15, 0.2) is 0 Å². The molecule has 0 spiro atoms. The molecule has 3 fully saturated rings. The predicted molar refractivity (Wildman–Crippen MR) is 108 cm³/mol. The second-order valence-electron chi connectivity index (χ2n) is 9.41. The van der Waals surface area contributed by atoms with Crippen LogP contribution in [0.1, 0.15) is 53.9 Å². The molecule has 3 aliphatic rings. The minimum atomic E-state index is -0.438. The zero-order valence-electron chi connectivity index (χ0n) is 17.6. The van der Waals surface area contributed by atoms with Gasteiger partial charge in [-0.05, 0) is 52.9 Å². The summed E-state index contributed by atoms with van der Waals surface area (Å²) in [4.78, 5) is 25.2. The number of hydrogen-bond donors (Lipinski definition) is 0. The Hall–Kier alpha value is -1.67. The molecule has 1 saturated carbocycles. The number of carbonyl (C=O) groups is 1. The van der Waals surface area contributed by atoms with Gasteiger partial charge >= 0.3 is 7.12 Å². The van der Waals surface area contributed by atoms with Crippen LogP contribution >= 0.6 is 0 Å². The van der Waals surface area contributed by atoms with E-state index < -0.39 is 7.12 Å². The van der Waals surface area contributed by atoms with Crippen LogP contribution in [-0.4, -0.2) is 64.8 Å². The van der Waals surface area contributed by atoms with E-state index in [0.717, 1.165) is 37.5 Å². The monoisotopic (exact) mass is 386 g/mol. The van der Waals surface area contributed by atoms with Crippen molar-refractivity contribution in [2.75, 3.05) is 24.5 Å². The molecule has 1 atom stereocenters. The van der Waals surface area contributed by atoms with Crippen molar-refractivity contribution < 1.29 is 14.1 Å². The molecule has 2 aliphatic heterocycles. The summed E-state index contributed by atoms with van der Waals surface area (Å²) in [5.74, 6) is 1.42. The van der Waals surface area contributed by atoms with Gasteiger partial charge in [-0.25, -0.2) is 9.97 Å². The number of anilines is 1. The van der Waals surface area contributed by atoms with E-state index in [4.69, 9.17) is 9.31 Å². The molecule has 0 bridgehead atoms. The average molecular weight is 386 g/mol. The fraction of sp³-hybridized carbons (Fsp3) is 0.750. The van der Waals surface area contributed by atoms with E-state index in [1.165, 1.54) is 12.8 Å². The molecule has 4 rings (SSSR count). The maximum Gasteiger partial charge on any atom is 0.498 e. The fourth-order valence-corrected chi connectivity index (χ4v) is 3.91. The summed E-state index contributed by atoms with van der Waals surface area (Å²) in [5, 5.41) is 0. The SMILES string of the molecule is CC(=O)N1CC[C@H](CN(c2ncc(B3OC(C)(C)C(C)(C)O3)cn2)C2CC2)C1. The number of amides is 1. The largest absolute Gasteiger partial charge is 0.498 e. The first kappa shape index (κ1) is 19.6. The van der Waals surface area contributed by atoms with Gasteiger partial charge in [0.2, 0.25) is 11.9 Å². The van der Waals surface area contributed by atoms with Crippen LogP contribution in [0.2, 0.25) is 0 Å². The standard InChI is InChI=1S/C20H31BN4O3/c1-14(26)24-9-8-15(12-24)13-25(17-6-7-17)18-22-10-16(11-23-18)21-27-19(2,3)20(4,5)28-21/h10-11,15,17H,6-9,12-13H2,1-5H3/t15-/m0/s1. The lowest BCUT2D eigenvalue weighted by atomic mass is 9.81. The summed E-state index contributed by atoms with van der Waals surface area (Å²) in [5.41, 5.74) is 0.102. The number of likely N-dealkylation sites (tertiary alicyclic amines) is 1. The highest BCUT2D eigenvalue weighted by Crippen LogP contribution is 2.36. The van der Waals surface area contributed by atoms with E-state index >= 15 is 0 Å². The number of rotatable bonds is 5. The van der Waals surface area contributed by atoms with Gasteiger partial charge in [0.1, 0.15) is 0 Å². The van der Waals surface area contributed by atoms with Crippen molar-refractivity contribution in [2.45, 2.75) is 71.1 Å². The first-order chi connectivity index (χ1) is 13.2. The van der Waals surface area contributed by atoms with E-state index in [2.05, 4.69) is 14.9 Å². The summed E-state index contributed by atoms with van der Waals surface area (Å²) in [6, 6.07) is 0.522. The Balaban J connectivity index is 1.44. The molecule has 8 heteroatoms. The third kappa shape index (κ3) is 3.76. The van der Waals surface area contributed by atoms with Crippen LogP contribution in [-0.2, 0) is 14.1 Å². The minimum absolute atomic E-state index is 0.170. The normalized spacial score (nSPS) is 26.0. The van der Waals surface area contributed by atoms with Crippen molar-refractivity contribution in [2.24, 2.45) is 5.92 Å². The van der Waals surface area contributed by atoms with Crippen molar-refractivity contribution in [1.82, 2.24) is 14.9 Å². The van der Waals surface area contributed by atoms with Crippen LogP contribution in [0.5, 0.6) is 0 Å². The highest BCUT2D eigenvalue weighted by molar-refractivity contribution is 6.61. The molecule has 3 heterocycles. The van der Waals surface area contributed by atoms with Crippen molar-refractivity contribution in [3.05, 3.63) is 12.4 Å². The van der Waals surface area contributed by atoms with Crippen LogP contribution in [0.15, 0.2) is 12.4 Å². The zero-order chi connectivity index (χ0) is 20.1. The Morgan fingerprint density at radius 2 is 1.79 bits per heavy atom. The molecule has 1 amide bonds. The van der Waals surface area contributed by atoms with Crippen molar-refractivity contribution >= 4 is 24.4 Å². The second-order valence-corrected chi connectivity index (χ2v) is 9.41. The lowest BCUT2D eigenvalue weighted by Gasteiger charge is -2.32. The highest BCUT2D eigenvalue weighted by Gasteiger charge is 2.52. The summed E-state index contributed by atoms with van der Waals surface area (Å²) in [6.07, 6.45) is 7.08. The lowest BCUT2D eigenvalue weighted by Crippen LogP contribution is -2.41. The Labute approximate surface area is 167 Å². The molecule has 7 nitrogen and oxygen atoms in total. The molecular weight excluding hydrogens is 355 g/mol. The molecule has 28 heavy (non-hydrogen) atoms. The van der Waals surface area contributed by atoms with Crippen LogP contribution in [0.3, 0.4) is 0 Å². The smallest absolute Gasteiger partial charge is 0.399 e. The Kier molecular flexibility index (Phi) is 4.90. The summed E-state index contributed by atoms with van der Waals surface area (Å²) >= 11 is 0. The van der Waals surface area contributed by atoms with Gasteiger partial charge in [-0.3, -0.25) is 4.79 Å². The summed E-state index contributed by atoms with van der Waals surface area (Å²) in [6.45, 7) is 12.4. The van der Waals surface area contributed by atoms with E-state index in [-0.39, 0.29) is 17.1 Å². The average Bonchev–Trinajstić information content (AvgIpc) is 3.30. The van der Waals surface area contributed by atoms with Gasteiger partial charge in [0.25, 0.3) is 0 Å². The molecule has 0 radical (unpaired) electrons. The van der Waals surface area contributed by atoms with Crippen LogP contribution in [0, 0.1) is 5.92 Å². The molecular formula is C20H31BN4O3. The molecule has 1 aromatic heterocycles. The first-order valence-corrected chi connectivity index (χ1v) is 10.4. The van der Waals surface area contributed by atoms with Gasteiger partial charge in [-0.2, -0.15) is 0 Å². The van der Waals surface area contributed by atoms with E-state index in [9.17, 15) is 4.79 Å². The summed E-state index contributed by atoms with van der Waals surface area (Å²) < 4.78 is 12.2. The highest BCUT2D eigenvalue weighted by atomic mass is 16.7. The third-order valence-corrected chi connectivity index (χ3v) is 6.61. The molecule has 0 unspecified atom stereocenters. The number of hydrogen-bond acceptors (Lipinski definition) is 6. The van der Waals surface area contributed by atoms with Crippen LogP contribution in [0.4, 0.5) is 5.95 Å². The molecule has 2 saturated heterocycles. The lowest BCUT2D eigenvalue weighted by molar-refractivity contribution is -0.127. The number of aromatic nitrogens is 2. The Morgan fingerprint density at radius 1 is 1.18 bits per heavy atom. The van der Waals surface area contributed by atoms with Crippen molar-refractivity contribution in [3.63, 3.8) is 0 Å². The maximum absolute atomic E-state index is 11.6. The minimum Gasteiger partial charge on any atom is -0.399 e. The Morgan fingerprint density at radius 3 is 2.29 bits per heavy atom. The third-order valence-electron chi connectivity index (χ3n) is 6.61. The van der Waals surface area contributed by atoms with Crippen molar-refractivity contribution in [3.8, 4) is 0 Å². The molecule has 0 aromatic carbocycles. The first-order valence-electron chi connectivity index (χ1n) is 10.4. The quantitative estimate of drug-likeness (QED) is 0.717. The second kappa shape index (κ2) is 6.99. The zero-order valence-corrected chi connectivity index (χ0v) is 17.6. The molecule has 1 aliphatic carbocycles. The van der Waals surface area contributed by atoms with Crippen molar-refractivity contribution in [1.29, 1.82) is 0 Å². The number of carbonyl (C=O) groups excluding carboxylic acids is 1. The van der Waals surface area contributed by atoms with Crippen LogP contribution < -0.4 is 10.4 Å². The fourth-order valence-electron chi connectivity index (χ4n) is 3.91. The van der Waals surface area contributed by atoms with Gasteiger partial charge in [-0.15, -0.1) is 0 Å². The molecule has 0 N–H and O–H groups in total. The van der Waals surface area contributed by atoms with E-state index in [1.54, 1.807) is 6.92 Å². The molecule has 152 valence electrons. The number of nitrogens with zero attached hydrogens (tertiary/aromatic N) is 4. The van der Waals surface area contributed by atoms with Gasteiger partial charge in [0.05, 0.1) is 11.2 Å². The van der Waals surface area contributed by atoms with Gasteiger partial charge in [0, 0.05) is 50.5 Å².